The van der Waals surface area contributed by atoms with Gasteiger partial charge in [0.15, 0.2) is 0 Å². The smallest absolute Gasteiger partial charge is 0.274 e. The van der Waals surface area contributed by atoms with E-state index in [1.165, 1.54) is 11.8 Å². The Labute approximate surface area is 105 Å². The highest BCUT2D eigenvalue weighted by Gasteiger charge is 2.10. The lowest BCUT2D eigenvalue weighted by Gasteiger charge is -2.05. The quantitative estimate of drug-likeness (QED) is 0.654. The maximum atomic E-state index is 11.5. The van der Waals surface area contributed by atoms with Gasteiger partial charge < -0.3 is 10.7 Å². The molecule has 94 valence electrons. The molecule has 0 saturated heterocycles. The number of carbonyl (C=O) groups is 2. The van der Waals surface area contributed by atoms with Crippen LogP contribution < -0.4 is 11.1 Å². The van der Waals surface area contributed by atoms with Crippen molar-refractivity contribution in [3.8, 4) is 0 Å². The van der Waals surface area contributed by atoms with Gasteiger partial charge in [0.1, 0.15) is 5.69 Å². The molecule has 2 amide bonds. The summed E-state index contributed by atoms with van der Waals surface area (Å²) in [6, 6.07) is 3.47. The van der Waals surface area contributed by atoms with Crippen LogP contribution in [0.25, 0.3) is 0 Å². The van der Waals surface area contributed by atoms with Crippen LogP contribution in [0.2, 0.25) is 0 Å². The molecule has 6 heteroatoms. The number of hydrogen-bond acceptors (Lipinski definition) is 4. The average Bonchev–Trinajstić information content (AvgIpc) is 2.77. The molecule has 1 atom stereocenters. The molecule has 0 saturated carbocycles. The van der Waals surface area contributed by atoms with Gasteiger partial charge in [0.05, 0.1) is 5.75 Å². The number of nitrogens with one attached hydrogen (secondary N) is 2. The van der Waals surface area contributed by atoms with Crippen molar-refractivity contribution in [2.45, 2.75) is 19.4 Å². The van der Waals surface area contributed by atoms with E-state index in [0.717, 1.165) is 12.2 Å². The summed E-state index contributed by atoms with van der Waals surface area (Å²) in [6.45, 7) is 1.93. The summed E-state index contributed by atoms with van der Waals surface area (Å²) in [5.41, 5.74) is 5.97. The molecule has 0 radical (unpaired) electrons. The molecule has 0 aromatic carbocycles. The van der Waals surface area contributed by atoms with E-state index >= 15 is 0 Å². The fourth-order valence-corrected chi connectivity index (χ4v) is 2.08. The number of aromatic amines is 1. The number of carbonyl (C=O) groups excluding carboxylic acids is 2. The number of imide groups is 1. The standard InChI is InChI=1S/C11H17N3O2S/c1-8(12)4-6-17-7-10(15)14-11(16)9-3-2-5-13-9/h2-3,5,8,13H,4,6-7,12H2,1H3,(H,14,15,16). The Morgan fingerprint density at radius 1 is 1.59 bits per heavy atom. The van der Waals surface area contributed by atoms with E-state index in [2.05, 4.69) is 10.3 Å². The molecule has 0 spiro atoms. The second kappa shape index (κ2) is 7.13. The molecule has 0 fully saturated rings. The Bertz CT molecular complexity index is 363. The summed E-state index contributed by atoms with van der Waals surface area (Å²) in [7, 11) is 0. The van der Waals surface area contributed by atoms with Gasteiger partial charge in [-0.3, -0.25) is 14.9 Å². The van der Waals surface area contributed by atoms with Gasteiger partial charge in [-0.25, -0.2) is 0 Å². The molecular weight excluding hydrogens is 238 g/mol. The van der Waals surface area contributed by atoms with Gasteiger partial charge in [-0.15, -0.1) is 0 Å². The summed E-state index contributed by atoms with van der Waals surface area (Å²) in [5.74, 6) is 0.424. The SMILES string of the molecule is CC(N)CCSCC(=O)NC(=O)c1ccc[nH]1. The minimum absolute atomic E-state index is 0.145. The largest absolute Gasteiger partial charge is 0.357 e. The van der Waals surface area contributed by atoms with Crippen molar-refractivity contribution >= 4 is 23.6 Å². The second-order valence-corrected chi connectivity index (χ2v) is 4.88. The molecule has 1 rings (SSSR count). The molecule has 1 aromatic heterocycles. The van der Waals surface area contributed by atoms with Crippen LogP contribution in [0.1, 0.15) is 23.8 Å². The molecule has 17 heavy (non-hydrogen) atoms. The highest BCUT2D eigenvalue weighted by molar-refractivity contribution is 7.99. The molecule has 0 aliphatic heterocycles. The molecule has 1 unspecified atom stereocenters. The van der Waals surface area contributed by atoms with Crippen molar-refractivity contribution in [1.82, 2.24) is 10.3 Å². The lowest BCUT2D eigenvalue weighted by atomic mass is 10.3. The van der Waals surface area contributed by atoms with E-state index in [-0.39, 0.29) is 17.7 Å². The summed E-state index contributed by atoms with van der Waals surface area (Å²) in [4.78, 5) is 25.6. The van der Waals surface area contributed by atoms with Crippen molar-refractivity contribution in [3.05, 3.63) is 24.0 Å². The number of hydrogen-bond donors (Lipinski definition) is 3. The first-order chi connectivity index (χ1) is 8.09. The minimum Gasteiger partial charge on any atom is -0.357 e. The molecule has 1 aromatic rings. The van der Waals surface area contributed by atoms with Crippen LogP contribution >= 0.6 is 11.8 Å². The first-order valence-corrected chi connectivity index (χ1v) is 6.56. The molecule has 0 aliphatic carbocycles. The lowest BCUT2D eigenvalue weighted by molar-refractivity contribution is -0.117. The van der Waals surface area contributed by atoms with Crippen LogP contribution in [-0.4, -0.2) is 34.3 Å². The van der Waals surface area contributed by atoms with Crippen LogP contribution in [0.5, 0.6) is 0 Å². The van der Waals surface area contributed by atoms with Gasteiger partial charge in [-0.1, -0.05) is 0 Å². The Morgan fingerprint density at radius 3 is 2.94 bits per heavy atom. The summed E-state index contributed by atoms with van der Waals surface area (Å²) < 4.78 is 0. The van der Waals surface area contributed by atoms with Gasteiger partial charge in [-0.05, 0) is 31.2 Å². The Kier molecular flexibility index (Phi) is 5.79. The molecular formula is C11H17N3O2S. The minimum atomic E-state index is -0.396. The molecule has 0 bridgehead atoms. The topological polar surface area (TPSA) is 88.0 Å². The van der Waals surface area contributed by atoms with Crippen LogP contribution in [0.4, 0.5) is 0 Å². The van der Waals surface area contributed by atoms with Crippen LogP contribution in [0.15, 0.2) is 18.3 Å². The van der Waals surface area contributed by atoms with E-state index in [9.17, 15) is 9.59 Å². The van der Waals surface area contributed by atoms with Crippen molar-refractivity contribution < 1.29 is 9.59 Å². The van der Waals surface area contributed by atoms with Gasteiger partial charge >= 0.3 is 0 Å². The lowest BCUT2D eigenvalue weighted by Crippen LogP contribution is -2.32. The third-order valence-electron chi connectivity index (χ3n) is 2.05. The maximum Gasteiger partial charge on any atom is 0.274 e. The summed E-state index contributed by atoms with van der Waals surface area (Å²) in [5, 5.41) is 2.31. The second-order valence-electron chi connectivity index (χ2n) is 3.78. The van der Waals surface area contributed by atoms with Crippen molar-refractivity contribution in [1.29, 1.82) is 0 Å². The number of aromatic nitrogens is 1. The summed E-state index contributed by atoms with van der Waals surface area (Å²) in [6.07, 6.45) is 2.50. The van der Waals surface area contributed by atoms with E-state index in [4.69, 9.17) is 5.73 Å². The van der Waals surface area contributed by atoms with Crippen molar-refractivity contribution in [2.24, 2.45) is 5.73 Å². The zero-order chi connectivity index (χ0) is 12.7. The highest BCUT2D eigenvalue weighted by atomic mass is 32.2. The van der Waals surface area contributed by atoms with Crippen molar-refractivity contribution in [3.63, 3.8) is 0 Å². The number of nitrogens with two attached hydrogens (primary N) is 1. The van der Waals surface area contributed by atoms with Crippen LogP contribution in [0, 0.1) is 0 Å². The maximum absolute atomic E-state index is 11.5. The van der Waals surface area contributed by atoms with E-state index in [0.29, 0.717) is 5.69 Å². The third-order valence-corrected chi connectivity index (χ3v) is 3.04. The van der Waals surface area contributed by atoms with E-state index in [1.807, 2.05) is 6.92 Å². The predicted octanol–water partition coefficient (Wildman–Crippen LogP) is 0.742. The van der Waals surface area contributed by atoms with Gasteiger partial charge in [0, 0.05) is 12.2 Å². The molecule has 5 nitrogen and oxygen atoms in total. The van der Waals surface area contributed by atoms with Gasteiger partial charge in [0.2, 0.25) is 5.91 Å². The van der Waals surface area contributed by atoms with Gasteiger partial charge in [0.25, 0.3) is 5.91 Å². The first kappa shape index (κ1) is 13.8. The monoisotopic (exact) mass is 255 g/mol. The summed E-state index contributed by atoms with van der Waals surface area (Å²) >= 11 is 1.47. The Hall–Kier alpha value is -1.27. The first-order valence-electron chi connectivity index (χ1n) is 5.40. The zero-order valence-electron chi connectivity index (χ0n) is 9.73. The Balaban J connectivity index is 2.19. The van der Waals surface area contributed by atoms with Gasteiger partial charge in [-0.2, -0.15) is 11.8 Å². The molecule has 1 heterocycles. The van der Waals surface area contributed by atoms with E-state index in [1.54, 1.807) is 18.3 Å². The molecule has 4 N–H and O–H groups in total. The number of rotatable bonds is 6. The van der Waals surface area contributed by atoms with Crippen molar-refractivity contribution in [2.75, 3.05) is 11.5 Å². The number of amides is 2. The number of thioether (sulfide) groups is 1. The fraction of sp³-hybridized carbons (Fsp3) is 0.455. The van der Waals surface area contributed by atoms with Crippen LogP contribution in [-0.2, 0) is 4.79 Å². The predicted molar refractivity (Wildman–Crippen MR) is 68.9 cm³/mol. The number of H-pyrrole nitrogens is 1. The fourth-order valence-electron chi connectivity index (χ4n) is 1.14. The zero-order valence-corrected chi connectivity index (χ0v) is 10.5. The third kappa shape index (κ3) is 5.55. The highest BCUT2D eigenvalue weighted by Crippen LogP contribution is 2.03. The van der Waals surface area contributed by atoms with E-state index < -0.39 is 5.91 Å². The molecule has 0 aliphatic rings. The average molecular weight is 255 g/mol. The normalized spacial score (nSPS) is 12.1. The van der Waals surface area contributed by atoms with Crippen LogP contribution in [0.3, 0.4) is 0 Å². The Morgan fingerprint density at radius 2 is 2.35 bits per heavy atom.